The van der Waals surface area contributed by atoms with Gasteiger partial charge in [0, 0.05) is 5.70 Å². The van der Waals surface area contributed by atoms with Crippen LogP contribution in [0, 0.1) is 0 Å². The van der Waals surface area contributed by atoms with Crippen molar-refractivity contribution in [2.75, 3.05) is 13.7 Å². The van der Waals surface area contributed by atoms with E-state index in [0.717, 1.165) is 0 Å². The van der Waals surface area contributed by atoms with Gasteiger partial charge in [-0.2, -0.15) is 0 Å². The van der Waals surface area contributed by atoms with Crippen LogP contribution in [0.15, 0.2) is 27.9 Å². The minimum absolute atomic E-state index is 0.0603. The number of phenols is 1. The molecule has 0 saturated carbocycles. The number of phenolic OH excluding ortho intramolecular Hbond substituents is 1. The van der Waals surface area contributed by atoms with Crippen LogP contribution in [0.5, 0.6) is 11.5 Å². The van der Waals surface area contributed by atoms with E-state index < -0.39 is 18.0 Å². The highest BCUT2D eigenvalue weighted by Gasteiger charge is 2.33. The second kappa shape index (κ2) is 6.91. The number of methoxy groups -OCH3 is 1. The van der Waals surface area contributed by atoms with Gasteiger partial charge in [0.25, 0.3) is 0 Å². The van der Waals surface area contributed by atoms with Gasteiger partial charge in [-0.05, 0) is 47.5 Å². The lowest BCUT2D eigenvalue weighted by molar-refractivity contribution is -0.139. The summed E-state index contributed by atoms with van der Waals surface area (Å²) in [6, 6.07) is 2.03. The molecule has 7 nitrogen and oxygen atoms in total. The number of nitrogens with one attached hydrogen (secondary N) is 2. The number of halogens is 1. The smallest absolute Gasteiger partial charge is 0.338 e. The van der Waals surface area contributed by atoms with Crippen molar-refractivity contribution < 1.29 is 24.2 Å². The maximum absolute atomic E-state index is 12.2. The first-order valence-corrected chi connectivity index (χ1v) is 7.70. The predicted molar refractivity (Wildman–Crippen MR) is 86.1 cm³/mol. The molecule has 0 saturated heterocycles. The Balaban J connectivity index is 2.54. The molecule has 1 aromatic rings. The van der Waals surface area contributed by atoms with Gasteiger partial charge in [-0.1, -0.05) is 0 Å². The van der Waals surface area contributed by atoms with Crippen LogP contribution in [0.1, 0.15) is 25.5 Å². The molecule has 0 spiro atoms. The summed E-state index contributed by atoms with van der Waals surface area (Å²) in [5.41, 5.74) is 1.29. The first-order valence-electron chi connectivity index (χ1n) is 6.90. The average Bonchev–Trinajstić information content (AvgIpc) is 2.49. The Kier molecular flexibility index (Phi) is 5.15. The number of benzene rings is 1. The van der Waals surface area contributed by atoms with E-state index in [1.165, 1.54) is 7.11 Å². The number of esters is 1. The van der Waals surface area contributed by atoms with Gasteiger partial charge in [0.2, 0.25) is 0 Å². The number of urea groups is 1. The van der Waals surface area contributed by atoms with Gasteiger partial charge in [-0.3, -0.25) is 0 Å². The molecule has 8 heteroatoms. The third kappa shape index (κ3) is 3.42. The number of carbonyl (C=O) groups excluding carboxylic acids is 2. The highest BCUT2D eigenvalue weighted by Crippen LogP contribution is 2.39. The monoisotopic (exact) mass is 384 g/mol. The fourth-order valence-electron chi connectivity index (χ4n) is 2.34. The number of allylic oxidation sites excluding steroid dienone is 1. The van der Waals surface area contributed by atoms with Crippen molar-refractivity contribution in [1.29, 1.82) is 0 Å². The highest BCUT2D eigenvalue weighted by atomic mass is 79.9. The molecule has 1 atom stereocenters. The molecule has 2 rings (SSSR count). The summed E-state index contributed by atoms with van der Waals surface area (Å²) in [5.74, 6) is -0.358. The maximum Gasteiger partial charge on any atom is 0.338 e. The number of amides is 2. The lowest BCUT2D eigenvalue weighted by atomic mass is 9.95. The van der Waals surface area contributed by atoms with Crippen LogP contribution in [-0.2, 0) is 9.53 Å². The van der Waals surface area contributed by atoms with Gasteiger partial charge in [0.15, 0.2) is 11.5 Å². The molecule has 0 aliphatic carbocycles. The largest absolute Gasteiger partial charge is 0.503 e. The molecule has 1 aliphatic heterocycles. The van der Waals surface area contributed by atoms with Crippen LogP contribution in [0.25, 0.3) is 0 Å². The van der Waals surface area contributed by atoms with E-state index in [0.29, 0.717) is 21.3 Å². The van der Waals surface area contributed by atoms with Crippen molar-refractivity contribution in [2.24, 2.45) is 0 Å². The number of hydrogen-bond donors (Lipinski definition) is 3. The molecule has 0 unspecified atom stereocenters. The summed E-state index contributed by atoms with van der Waals surface area (Å²) in [6.07, 6.45) is 0. The van der Waals surface area contributed by atoms with Gasteiger partial charge < -0.3 is 25.2 Å². The van der Waals surface area contributed by atoms with E-state index in [4.69, 9.17) is 9.47 Å². The normalized spacial score (nSPS) is 17.4. The predicted octanol–water partition coefficient (Wildman–Crippen LogP) is 2.35. The van der Waals surface area contributed by atoms with Gasteiger partial charge in [0.1, 0.15) is 0 Å². The molecular formula is C15H17BrN2O5. The van der Waals surface area contributed by atoms with Crippen LogP contribution in [0.3, 0.4) is 0 Å². The topological polar surface area (TPSA) is 96.9 Å². The van der Waals surface area contributed by atoms with Crippen molar-refractivity contribution in [2.45, 2.75) is 19.9 Å². The van der Waals surface area contributed by atoms with Crippen molar-refractivity contribution >= 4 is 27.9 Å². The van der Waals surface area contributed by atoms with E-state index in [1.807, 2.05) is 0 Å². The molecule has 0 radical (unpaired) electrons. The van der Waals surface area contributed by atoms with Crippen LogP contribution >= 0.6 is 15.9 Å². The minimum Gasteiger partial charge on any atom is -0.503 e. The lowest BCUT2D eigenvalue weighted by Crippen LogP contribution is -2.45. The van der Waals surface area contributed by atoms with Crippen LogP contribution in [-0.4, -0.2) is 30.8 Å². The first kappa shape index (κ1) is 17.1. The van der Waals surface area contributed by atoms with E-state index in [2.05, 4.69) is 26.6 Å². The Labute approximate surface area is 141 Å². The molecule has 0 fully saturated rings. The third-order valence-corrected chi connectivity index (χ3v) is 3.97. The maximum atomic E-state index is 12.2. The summed E-state index contributed by atoms with van der Waals surface area (Å²) in [5, 5.41) is 15.2. The zero-order valence-corrected chi connectivity index (χ0v) is 14.5. The van der Waals surface area contributed by atoms with Crippen molar-refractivity contribution in [3.8, 4) is 11.5 Å². The van der Waals surface area contributed by atoms with E-state index in [1.54, 1.807) is 26.0 Å². The zero-order valence-electron chi connectivity index (χ0n) is 12.9. The van der Waals surface area contributed by atoms with Crippen LogP contribution < -0.4 is 15.4 Å². The van der Waals surface area contributed by atoms with Gasteiger partial charge in [0.05, 0.1) is 29.8 Å². The van der Waals surface area contributed by atoms with Gasteiger partial charge >= 0.3 is 12.0 Å². The van der Waals surface area contributed by atoms with Crippen LogP contribution in [0.2, 0.25) is 0 Å². The number of rotatable bonds is 4. The molecular weight excluding hydrogens is 368 g/mol. The molecule has 1 heterocycles. The third-order valence-electron chi connectivity index (χ3n) is 3.37. The van der Waals surface area contributed by atoms with Crippen LogP contribution in [0.4, 0.5) is 4.79 Å². The Morgan fingerprint density at radius 1 is 1.43 bits per heavy atom. The van der Waals surface area contributed by atoms with E-state index in [9.17, 15) is 14.7 Å². The average molecular weight is 385 g/mol. The SMILES string of the molecule is CCOC(=O)C1=C(C)NC(=O)N[C@@H]1c1cc(Br)c(O)c(OC)c1. The number of carbonyl (C=O) groups is 2. The second-order valence-electron chi connectivity index (χ2n) is 4.84. The van der Waals surface area contributed by atoms with Crippen molar-refractivity contribution in [3.63, 3.8) is 0 Å². The molecule has 0 aromatic heterocycles. The Morgan fingerprint density at radius 2 is 2.13 bits per heavy atom. The quantitative estimate of drug-likeness (QED) is 0.692. The molecule has 2 amide bonds. The zero-order chi connectivity index (χ0) is 17.1. The minimum atomic E-state index is -0.714. The number of aromatic hydroxyl groups is 1. The Bertz CT molecular complexity index is 687. The van der Waals surface area contributed by atoms with E-state index in [-0.39, 0.29) is 18.1 Å². The fraction of sp³-hybridized carbons (Fsp3) is 0.333. The Hall–Kier alpha value is -2.22. The van der Waals surface area contributed by atoms with Crippen molar-refractivity contribution in [3.05, 3.63) is 33.4 Å². The summed E-state index contributed by atoms with van der Waals surface area (Å²) >= 11 is 3.23. The van der Waals surface area contributed by atoms with E-state index >= 15 is 0 Å². The summed E-state index contributed by atoms with van der Waals surface area (Å²) in [6.45, 7) is 3.56. The van der Waals surface area contributed by atoms with Crippen molar-refractivity contribution in [1.82, 2.24) is 10.6 Å². The summed E-state index contributed by atoms with van der Waals surface area (Å²) < 4.78 is 10.6. The summed E-state index contributed by atoms with van der Waals surface area (Å²) in [4.78, 5) is 24.0. The number of hydrogen-bond acceptors (Lipinski definition) is 5. The molecule has 23 heavy (non-hydrogen) atoms. The summed E-state index contributed by atoms with van der Waals surface area (Å²) in [7, 11) is 1.42. The molecule has 1 aromatic carbocycles. The molecule has 3 N–H and O–H groups in total. The fourth-order valence-corrected chi connectivity index (χ4v) is 2.80. The first-order chi connectivity index (χ1) is 10.9. The molecule has 0 bridgehead atoms. The van der Waals surface area contributed by atoms with Gasteiger partial charge in [-0.25, -0.2) is 9.59 Å². The molecule has 1 aliphatic rings. The standard InChI is InChI=1S/C15H17BrN2O5/c1-4-23-14(20)11-7(2)17-15(21)18-12(11)8-5-9(16)13(19)10(6-8)22-3/h5-6,12,19H,4H2,1-3H3,(H2,17,18,21)/t12-/m1/s1. The lowest BCUT2D eigenvalue weighted by Gasteiger charge is -2.28. The second-order valence-corrected chi connectivity index (χ2v) is 5.70. The number of ether oxygens (including phenoxy) is 2. The van der Waals surface area contributed by atoms with Gasteiger partial charge in [-0.15, -0.1) is 0 Å². The Morgan fingerprint density at radius 3 is 2.74 bits per heavy atom. The highest BCUT2D eigenvalue weighted by molar-refractivity contribution is 9.10. The molecule has 124 valence electrons.